The van der Waals surface area contributed by atoms with Crippen LogP contribution in [0.25, 0.3) is 0 Å². The topological polar surface area (TPSA) is 103 Å². The second-order valence-electron chi connectivity index (χ2n) is 7.74. The summed E-state index contributed by atoms with van der Waals surface area (Å²) in [6.45, 7) is 0.786. The van der Waals surface area contributed by atoms with Crippen molar-refractivity contribution >= 4 is 15.9 Å². The van der Waals surface area contributed by atoms with E-state index in [1.165, 1.54) is 28.6 Å². The minimum atomic E-state index is -3.40. The zero-order chi connectivity index (χ0) is 21.5. The molecule has 1 saturated heterocycles. The predicted molar refractivity (Wildman–Crippen MR) is 108 cm³/mol. The summed E-state index contributed by atoms with van der Waals surface area (Å²) >= 11 is 0. The first-order chi connectivity index (χ1) is 14.2. The molecule has 1 fully saturated rings. The number of piperidine rings is 1. The van der Waals surface area contributed by atoms with Crippen LogP contribution in [0.15, 0.2) is 29.1 Å². The van der Waals surface area contributed by atoms with E-state index in [1.54, 1.807) is 4.90 Å². The van der Waals surface area contributed by atoms with Gasteiger partial charge in [0.25, 0.3) is 11.5 Å². The van der Waals surface area contributed by atoms with Crippen molar-refractivity contribution in [2.75, 3.05) is 19.3 Å². The molecule has 3 heterocycles. The smallest absolute Gasteiger partial charge is 0.255 e. The highest BCUT2D eigenvalue weighted by atomic mass is 32.2. The Morgan fingerprint density at radius 3 is 2.63 bits per heavy atom. The first-order valence-corrected chi connectivity index (χ1v) is 11.7. The van der Waals surface area contributed by atoms with Crippen molar-refractivity contribution in [2.24, 2.45) is 0 Å². The molecule has 2 aliphatic rings. The SMILES string of the molecule is CS(=O)(=O)N1CCc2nc([C@H]3CCCCN3C(=O)c3ccc(F)cc3)[nH]c(=O)c2C1. The number of aromatic amines is 1. The highest BCUT2D eigenvalue weighted by molar-refractivity contribution is 7.88. The summed E-state index contributed by atoms with van der Waals surface area (Å²) in [6, 6.07) is 5.01. The fourth-order valence-corrected chi connectivity index (χ4v) is 4.86. The fraction of sp³-hybridized carbons (Fsp3) is 0.450. The van der Waals surface area contributed by atoms with Crippen LogP contribution in [0.4, 0.5) is 4.39 Å². The van der Waals surface area contributed by atoms with E-state index in [4.69, 9.17) is 0 Å². The third-order valence-electron chi connectivity index (χ3n) is 5.69. The van der Waals surface area contributed by atoms with Crippen LogP contribution >= 0.6 is 0 Å². The second-order valence-corrected chi connectivity index (χ2v) is 9.72. The number of amides is 1. The number of nitrogens with one attached hydrogen (secondary N) is 1. The number of rotatable bonds is 3. The average molecular weight is 434 g/mol. The molecule has 0 saturated carbocycles. The molecule has 2 aromatic rings. The minimum Gasteiger partial charge on any atom is -0.328 e. The van der Waals surface area contributed by atoms with Crippen LogP contribution in [0.2, 0.25) is 0 Å². The van der Waals surface area contributed by atoms with E-state index in [1.807, 2.05) is 0 Å². The number of likely N-dealkylation sites (tertiary alicyclic amines) is 1. The molecule has 1 aromatic carbocycles. The summed E-state index contributed by atoms with van der Waals surface area (Å²) in [5.74, 6) is -0.226. The molecule has 0 unspecified atom stereocenters. The summed E-state index contributed by atoms with van der Waals surface area (Å²) in [7, 11) is -3.40. The van der Waals surface area contributed by atoms with E-state index in [-0.39, 0.29) is 30.6 Å². The Hall–Kier alpha value is -2.59. The van der Waals surface area contributed by atoms with Crippen molar-refractivity contribution in [3.05, 3.63) is 63.1 Å². The molecular formula is C20H23FN4O4S. The minimum absolute atomic E-state index is 0.000326. The van der Waals surface area contributed by atoms with Crippen molar-refractivity contribution in [1.29, 1.82) is 0 Å². The number of benzene rings is 1. The number of sulfonamides is 1. The maximum atomic E-state index is 13.2. The normalized spacial score (nSPS) is 20.1. The Labute approximate surface area is 173 Å². The van der Waals surface area contributed by atoms with Crippen molar-refractivity contribution in [2.45, 2.75) is 38.3 Å². The molecule has 1 N–H and O–H groups in total. The molecular weight excluding hydrogens is 411 g/mol. The standard InChI is InChI=1S/C20H23FN4O4S/c1-30(28,29)24-11-9-16-15(12-24)19(26)23-18(22-16)17-4-2-3-10-25(17)20(27)13-5-7-14(21)8-6-13/h5-8,17H,2-4,9-12H2,1H3,(H,22,23,26)/t17-/m1/s1. The molecule has 2 aliphatic heterocycles. The Morgan fingerprint density at radius 2 is 1.93 bits per heavy atom. The number of nitrogens with zero attached hydrogens (tertiary/aromatic N) is 3. The lowest BCUT2D eigenvalue weighted by atomic mass is 9.99. The maximum absolute atomic E-state index is 13.2. The van der Waals surface area contributed by atoms with Gasteiger partial charge in [0.1, 0.15) is 11.6 Å². The summed E-state index contributed by atoms with van der Waals surface area (Å²) < 4.78 is 38.1. The zero-order valence-electron chi connectivity index (χ0n) is 16.6. The molecule has 0 aliphatic carbocycles. The van der Waals surface area contributed by atoms with Gasteiger partial charge >= 0.3 is 0 Å². The van der Waals surface area contributed by atoms with Gasteiger partial charge in [0, 0.05) is 31.6 Å². The third-order valence-corrected chi connectivity index (χ3v) is 6.94. The van der Waals surface area contributed by atoms with Gasteiger partial charge in [0.15, 0.2) is 0 Å². The van der Waals surface area contributed by atoms with E-state index < -0.39 is 15.8 Å². The maximum Gasteiger partial charge on any atom is 0.255 e. The fourth-order valence-electron chi connectivity index (χ4n) is 4.08. The quantitative estimate of drug-likeness (QED) is 0.790. The molecule has 1 atom stereocenters. The van der Waals surface area contributed by atoms with Crippen molar-refractivity contribution in [3.8, 4) is 0 Å². The molecule has 0 spiro atoms. The molecule has 160 valence electrons. The van der Waals surface area contributed by atoms with Gasteiger partial charge in [-0.2, -0.15) is 4.31 Å². The molecule has 0 radical (unpaired) electrons. The summed E-state index contributed by atoms with van der Waals surface area (Å²) in [4.78, 5) is 34.8. The predicted octanol–water partition coefficient (Wildman–Crippen LogP) is 1.59. The van der Waals surface area contributed by atoms with Crippen LogP contribution in [0.3, 0.4) is 0 Å². The van der Waals surface area contributed by atoms with E-state index >= 15 is 0 Å². The molecule has 1 amide bonds. The van der Waals surface area contributed by atoms with Gasteiger partial charge in [-0.05, 0) is 43.5 Å². The van der Waals surface area contributed by atoms with Gasteiger partial charge in [-0.15, -0.1) is 0 Å². The first-order valence-electron chi connectivity index (χ1n) is 9.87. The molecule has 30 heavy (non-hydrogen) atoms. The van der Waals surface area contributed by atoms with Crippen LogP contribution in [0, 0.1) is 5.82 Å². The first kappa shape index (κ1) is 20.7. The van der Waals surface area contributed by atoms with Crippen LogP contribution in [-0.2, 0) is 23.0 Å². The van der Waals surface area contributed by atoms with Crippen molar-refractivity contribution in [1.82, 2.24) is 19.2 Å². The number of carbonyl (C=O) groups is 1. The highest BCUT2D eigenvalue weighted by Gasteiger charge is 2.33. The number of hydrogen-bond acceptors (Lipinski definition) is 5. The van der Waals surface area contributed by atoms with Gasteiger partial charge in [-0.25, -0.2) is 17.8 Å². The summed E-state index contributed by atoms with van der Waals surface area (Å²) in [5.41, 5.74) is 0.937. The van der Waals surface area contributed by atoms with Gasteiger partial charge in [0.2, 0.25) is 10.0 Å². The molecule has 4 rings (SSSR count). The molecule has 10 heteroatoms. The Kier molecular flexibility index (Phi) is 5.46. The molecule has 8 nitrogen and oxygen atoms in total. The number of fused-ring (bicyclic) bond motifs is 1. The zero-order valence-corrected chi connectivity index (χ0v) is 17.4. The summed E-state index contributed by atoms with van der Waals surface area (Å²) in [5, 5.41) is 0. The second kappa shape index (κ2) is 7.92. The largest absolute Gasteiger partial charge is 0.328 e. The van der Waals surface area contributed by atoms with Crippen LogP contribution < -0.4 is 5.56 Å². The van der Waals surface area contributed by atoms with Gasteiger partial charge in [-0.1, -0.05) is 0 Å². The van der Waals surface area contributed by atoms with Crippen LogP contribution in [-0.4, -0.2) is 52.8 Å². The molecule has 0 bridgehead atoms. The van der Waals surface area contributed by atoms with E-state index in [9.17, 15) is 22.4 Å². The third kappa shape index (κ3) is 4.01. The number of carbonyl (C=O) groups excluding carboxylic acids is 1. The lowest BCUT2D eigenvalue weighted by molar-refractivity contribution is 0.0598. The highest BCUT2D eigenvalue weighted by Crippen LogP contribution is 2.30. The van der Waals surface area contributed by atoms with Gasteiger partial charge < -0.3 is 9.88 Å². The average Bonchev–Trinajstić information content (AvgIpc) is 2.73. The number of halogens is 1. The Balaban J connectivity index is 1.65. The van der Waals surface area contributed by atoms with E-state index in [2.05, 4.69) is 9.97 Å². The number of hydrogen-bond donors (Lipinski definition) is 1. The van der Waals surface area contributed by atoms with Gasteiger partial charge in [0.05, 0.1) is 23.6 Å². The summed E-state index contributed by atoms with van der Waals surface area (Å²) in [6.07, 6.45) is 3.85. The van der Waals surface area contributed by atoms with E-state index in [0.29, 0.717) is 42.0 Å². The van der Waals surface area contributed by atoms with Crippen LogP contribution in [0.5, 0.6) is 0 Å². The number of H-pyrrole nitrogens is 1. The number of aromatic nitrogens is 2. The Bertz CT molecular complexity index is 1130. The van der Waals surface area contributed by atoms with Crippen molar-refractivity contribution < 1.29 is 17.6 Å². The Morgan fingerprint density at radius 1 is 1.20 bits per heavy atom. The lowest BCUT2D eigenvalue weighted by Crippen LogP contribution is -2.42. The van der Waals surface area contributed by atoms with E-state index in [0.717, 1.165) is 19.1 Å². The molecule has 1 aromatic heterocycles. The van der Waals surface area contributed by atoms with Crippen molar-refractivity contribution in [3.63, 3.8) is 0 Å². The van der Waals surface area contributed by atoms with Gasteiger partial charge in [-0.3, -0.25) is 9.59 Å². The monoisotopic (exact) mass is 434 g/mol. The van der Waals surface area contributed by atoms with Crippen LogP contribution in [0.1, 0.15) is 52.7 Å². The lowest BCUT2D eigenvalue weighted by Gasteiger charge is -2.35.